The van der Waals surface area contributed by atoms with E-state index < -0.39 is 23.0 Å². The maximum absolute atomic E-state index is 12.9. The number of phenols is 1. The Hall–Kier alpha value is -3.43. The van der Waals surface area contributed by atoms with Gasteiger partial charge < -0.3 is 15.7 Å². The molecule has 30 heavy (non-hydrogen) atoms. The summed E-state index contributed by atoms with van der Waals surface area (Å²) in [6.07, 6.45) is -0.338. The Morgan fingerprint density at radius 1 is 1.23 bits per heavy atom. The molecule has 0 spiro atoms. The van der Waals surface area contributed by atoms with E-state index in [4.69, 9.17) is 0 Å². The summed E-state index contributed by atoms with van der Waals surface area (Å²) in [5.41, 5.74) is -0.997. The van der Waals surface area contributed by atoms with Crippen molar-refractivity contribution < 1.29 is 23.1 Å². The van der Waals surface area contributed by atoms with E-state index in [2.05, 4.69) is 25.8 Å². The Balaban J connectivity index is 1.70. The van der Waals surface area contributed by atoms with Gasteiger partial charge >= 0.3 is 6.18 Å². The minimum Gasteiger partial charge on any atom is -0.507 e. The molecule has 1 aliphatic heterocycles. The Labute approximate surface area is 169 Å². The number of carbonyl (C=O) groups is 1. The van der Waals surface area contributed by atoms with Crippen molar-refractivity contribution in [3.05, 3.63) is 42.2 Å². The third kappa shape index (κ3) is 3.72. The molecule has 3 heterocycles. The van der Waals surface area contributed by atoms with Crippen molar-refractivity contribution >= 4 is 22.5 Å². The zero-order valence-electron chi connectivity index (χ0n) is 15.9. The summed E-state index contributed by atoms with van der Waals surface area (Å²) >= 11 is 0. The number of pyridine rings is 1. The Morgan fingerprint density at radius 3 is 2.70 bits per heavy atom. The molecule has 0 saturated carbocycles. The summed E-state index contributed by atoms with van der Waals surface area (Å²) in [5.74, 6) is -0.125. The van der Waals surface area contributed by atoms with Crippen LogP contribution in [0.1, 0.15) is 25.3 Å². The second-order valence-electron chi connectivity index (χ2n) is 7.51. The smallest absolute Gasteiger partial charge is 0.416 e. The van der Waals surface area contributed by atoms with Crippen LogP contribution in [0.25, 0.3) is 22.0 Å². The number of aromatic hydroxyl groups is 1. The van der Waals surface area contributed by atoms with E-state index in [-0.39, 0.29) is 17.2 Å². The SMILES string of the molecule is CC1(CNc2nnc(-c3ccc(C(F)(F)F)cc3O)c3ccncc23)CCC(=O)N1. The number of carbonyl (C=O) groups excluding carboxylic acids is 1. The molecule has 1 aromatic carbocycles. The number of aromatic nitrogens is 3. The maximum Gasteiger partial charge on any atom is 0.416 e. The zero-order chi connectivity index (χ0) is 21.5. The highest BCUT2D eigenvalue weighted by molar-refractivity contribution is 6.00. The molecular formula is C20H18F3N5O2. The fourth-order valence-corrected chi connectivity index (χ4v) is 3.50. The van der Waals surface area contributed by atoms with Crippen LogP contribution >= 0.6 is 0 Å². The number of nitrogens with zero attached hydrogens (tertiary/aromatic N) is 3. The summed E-state index contributed by atoms with van der Waals surface area (Å²) in [5, 5.41) is 25.8. The van der Waals surface area contributed by atoms with Gasteiger partial charge in [0.15, 0.2) is 5.82 Å². The molecule has 0 radical (unpaired) electrons. The van der Waals surface area contributed by atoms with Gasteiger partial charge in [-0.2, -0.15) is 13.2 Å². The number of halogens is 3. The number of amides is 1. The van der Waals surface area contributed by atoms with Crippen LogP contribution in [0, 0.1) is 0 Å². The molecule has 1 fully saturated rings. The van der Waals surface area contributed by atoms with Crippen LogP contribution in [0.15, 0.2) is 36.7 Å². The molecule has 3 N–H and O–H groups in total. The van der Waals surface area contributed by atoms with Gasteiger partial charge in [0.1, 0.15) is 11.4 Å². The van der Waals surface area contributed by atoms with Crippen LogP contribution in [-0.4, -0.2) is 38.3 Å². The van der Waals surface area contributed by atoms with Crippen molar-refractivity contribution in [2.24, 2.45) is 0 Å². The Bertz CT molecular complexity index is 1140. The lowest BCUT2D eigenvalue weighted by atomic mass is 10.0. The van der Waals surface area contributed by atoms with Crippen molar-refractivity contribution in [1.82, 2.24) is 20.5 Å². The third-order valence-electron chi connectivity index (χ3n) is 5.15. The van der Waals surface area contributed by atoms with E-state index in [0.29, 0.717) is 42.0 Å². The molecule has 0 aliphatic carbocycles. The summed E-state index contributed by atoms with van der Waals surface area (Å²) in [6, 6.07) is 4.38. The van der Waals surface area contributed by atoms with Crippen LogP contribution in [-0.2, 0) is 11.0 Å². The Morgan fingerprint density at radius 2 is 2.03 bits per heavy atom. The molecule has 1 aliphatic rings. The van der Waals surface area contributed by atoms with Crippen molar-refractivity contribution in [3.63, 3.8) is 0 Å². The number of anilines is 1. The standard InChI is InChI=1S/C20H18F3N5O2/c1-19(6-4-16(30)26-19)10-25-18-14-9-24-7-5-12(14)17(27-28-18)13-3-2-11(8-15(13)29)20(21,22)23/h2-3,5,7-9,29H,4,6,10H2,1H3,(H,25,28)(H,26,30). The summed E-state index contributed by atoms with van der Waals surface area (Å²) < 4.78 is 38.7. The molecule has 1 amide bonds. The number of fused-ring (bicyclic) bond motifs is 1. The van der Waals surface area contributed by atoms with E-state index >= 15 is 0 Å². The highest BCUT2D eigenvalue weighted by atomic mass is 19.4. The minimum atomic E-state index is -4.56. The van der Waals surface area contributed by atoms with Gasteiger partial charge in [-0.05, 0) is 37.6 Å². The summed E-state index contributed by atoms with van der Waals surface area (Å²) in [7, 11) is 0. The first-order valence-corrected chi connectivity index (χ1v) is 9.22. The number of hydrogen-bond acceptors (Lipinski definition) is 6. The van der Waals surface area contributed by atoms with Crippen molar-refractivity contribution in [3.8, 4) is 17.0 Å². The van der Waals surface area contributed by atoms with Gasteiger partial charge in [-0.15, -0.1) is 10.2 Å². The number of rotatable bonds is 4. The van der Waals surface area contributed by atoms with Gasteiger partial charge in [-0.1, -0.05) is 0 Å². The molecule has 0 bridgehead atoms. The molecule has 156 valence electrons. The normalized spacial score (nSPS) is 19.1. The highest BCUT2D eigenvalue weighted by Gasteiger charge is 2.33. The average molecular weight is 417 g/mol. The van der Waals surface area contributed by atoms with Crippen molar-refractivity contribution in [1.29, 1.82) is 0 Å². The molecule has 7 nitrogen and oxygen atoms in total. The second-order valence-corrected chi connectivity index (χ2v) is 7.51. The monoisotopic (exact) mass is 417 g/mol. The van der Waals surface area contributed by atoms with Crippen LogP contribution in [0.2, 0.25) is 0 Å². The quantitative estimate of drug-likeness (QED) is 0.601. The number of benzene rings is 1. The lowest BCUT2D eigenvalue weighted by Crippen LogP contribution is -2.44. The first-order chi connectivity index (χ1) is 14.2. The second kappa shape index (κ2) is 7.12. The van der Waals surface area contributed by atoms with Gasteiger partial charge in [-0.25, -0.2) is 0 Å². The topological polar surface area (TPSA) is 100 Å². The molecule has 2 aromatic heterocycles. The molecule has 10 heteroatoms. The minimum absolute atomic E-state index is 0.00923. The van der Waals surface area contributed by atoms with E-state index in [9.17, 15) is 23.1 Å². The number of nitrogens with one attached hydrogen (secondary N) is 2. The molecule has 1 saturated heterocycles. The fraction of sp³-hybridized carbons (Fsp3) is 0.300. The van der Waals surface area contributed by atoms with E-state index in [1.165, 1.54) is 12.3 Å². The van der Waals surface area contributed by atoms with E-state index in [1.54, 1.807) is 12.3 Å². The van der Waals surface area contributed by atoms with Crippen LogP contribution in [0.3, 0.4) is 0 Å². The molecule has 1 atom stereocenters. The van der Waals surface area contributed by atoms with Gasteiger partial charge in [0.25, 0.3) is 0 Å². The summed E-state index contributed by atoms with van der Waals surface area (Å²) in [6.45, 7) is 2.34. The predicted molar refractivity (Wildman–Crippen MR) is 104 cm³/mol. The first-order valence-electron chi connectivity index (χ1n) is 9.22. The van der Waals surface area contributed by atoms with Gasteiger partial charge in [-0.3, -0.25) is 9.78 Å². The zero-order valence-corrected chi connectivity index (χ0v) is 15.9. The average Bonchev–Trinajstić information content (AvgIpc) is 3.04. The number of alkyl halides is 3. The molecule has 1 unspecified atom stereocenters. The van der Waals surface area contributed by atoms with Gasteiger partial charge in [0.05, 0.1) is 11.1 Å². The first kappa shape index (κ1) is 19.9. The van der Waals surface area contributed by atoms with Gasteiger partial charge in [0.2, 0.25) is 5.91 Å². The highest BCUT2D eigenvalue weighted by Crippen LogP contribution is 2.38. The third-order valence-corrected chi connectivity index (χ3v) is 5.15. The molecule has 4 rings (SSSR count). The van der Waals surface area contributed by atoms with Gasteiger partial charge in [0, 0.05) is 41.7 Å². The largest absolute Gasteiger partial charge is 0.507 e. The number of phenolic OH excluding ortho intramolecular Hbond substituents is 1. The molecule has 3 aromatic rings. The Kier molecular flexibility index (Phi) is 4.71. The predicted octanol–water partition coefficient (Wildman–Crippen LogP) is 3.50. The maximum atomic E-state index is 12.9. The van der Waals surface area contributed by atoms with Crippen LogP contribution < -0.4 is 10.6 Å². The van der Waals surface area contributed by atoms with Crippen LogP contribution in [0.4, 0.5) is 19.0 Å². The summed E-state index contributed by atoms with van der Waals surface area (Å²) in [4.78, 5) is 15.6. The number of hydrogen-bond donors (Lipinski definition) is 3. The van der Waals surface area contributed by atoms with Crippen molar-refractivity contribution in [2.45, 2.75) is 31.5 Å². The molecular weight excluding hydrogens is 399 g/mol. The van der Waals surface area contributed by atoms with E-state index in [0.717, 1.165) is 6.07 Å². The lowest BCUT2D eigenvalue weighted by molar-refractivity contribution is -0.137. The van der Waals surface area contributed by atoms with Crippen LogP contribution in [0.5, 0.6) is 5.75 Å². The fourth-order valence-electron chi connectivity index (χ4n) is 3.50. The van der Waals surface area contributed by atoms with E-state index in [1.807, 2.05) is 6.92 Å². The lowest BCUT2D eigenvalue weighted by Gasteiger charge is -2.24. The van der Waals surface area contributed by atoms with Crippen molar-refractivity contribution in [2.75, 3.05) is 11.9 Å².